The molecule has 1 aliphatic carbocycles. The van der Waals surface area contributed by atoms with Crippen LogP contribution in [0.3, 0.4) is 0 Å². The van der Waals surface area contributed by atoms with Gasteiger partial charge in [0.1, 0.15) is 0 Å². The summed E-state index contributed by atoms with van der Waals surface area (Å²) < 4.78 is 7.24. The van der Waals surface area contributed by atoms with Gasteiger partial charge in [-0.3, -0.25) is 9.48 Å². The summed E-state index contributed by atoms with van der Waals surface area (Å²) in [6.07, 6.45) is 10.0. The molecule has 1 amide bonds. The zero-order valence-electron chi connectivity index (χ0n) is 15.6. The second-order valence-corrected chi connectivity index (χ2v) is 7.80. The van der Waals surface area contributed by atoms with Crippen molar-refractivity contribution in [2.24, 2.45) is 12.5 Å². The molecule has 2 fully saturated rings. The van der Waals surface area contributed by atoms with Crippen LogP contribution in [0.15, 0.2) is 6.20 Å². The van der Waals surface area contributed by atoms with Crippen LogP contribution < -0.4 is 10.6 Å². The first-order valence-electron chi connectivity index (χ1n) is 9.65. The van der Waals surface area contributed by atoms with Crippen molar-refractivity contribution in [1.82, 2.24) is 20.4 Å². The molecule has 2 heterocycles. The minimum atomic E-state index is 0.0164. The highest BCUT2D eigenvalue weighted by Crippen LogP contribution is 2.34. The van der Waals surface area contributed by atoms with Crippen LogP contribution in [0.25, 0.3) is 0 Å². The van der Waals surface area contributed by atoms with E-state index in [0.29, 0.717) is 19.1 Å². The van der Waals surface area contributed by atoms with Gasteiger partial charge in [0.05, 0.1) is 17.9 Å². The molecule has 140 valence electrons. The Morgan fingerprint density at radius 2 is 2.08 bits per heavy atom. The highest BCUT2D eigenvalue weighted by atomic mass is 16.5. The molecule has 1 saturated carbocycles. The first-order chi connectivity index (χ1) is 12.1. The maximum Gasteiger partial charge on any atom is 0.254 e. The molecule has 1 aliphatic heterocycles. The van der Waals surface area contributed by atoms with Crippen molar-refractivity contribution in [2.45, 2.75) is 50.9 Å². The fourth-order valence-corrected chi connectivity index (χ4v) is 4.36. The van der Waals surface area contributed by atoms with Crippen molar-refractivity contribution in [2.75, 3.05) is 33.4 Å². The number of methoxy groups -OCH3 is 1. The summed E-state index contributed by atoms with van der Waals surface area (Å²) in [7, 11) is 3.65. The van der Waals surface area contributed by atoms with E-state index in [1.54, 1.807) is 11.8 Å². The minimum absolute atomic E-state index is 0.0164. The van der Waals surface area contributed by atoms with Gasteiger partial charge in [0.25, 0.3) is 5.91 Å². The van der Waals surface area contributed by atoms with Crippen molar-refractivity contribution in [3.63, 3.8) is 0 Å². The van der Waals surface area contributed by atoms with E-state index in [-0.39, 0.29) is 11.3 Å². The van der Waals surface area contributed by atoms with Crippen molar-refractivity contribution in [3.05, 3.63) is 17.5 Å². The van der Waals surface area contributed by atoms with Crippen LogP contribution >= 0.6 is 0 Å². The lowest BCUT2D eigenvalue weighted by molar-refractivity contribution is 0.0511. The first-order valence-corrected chi connectivity index (χ1v) is 9.65. The second-order valence-electron chi connectivity index (χ2n) is 7.80. The number of amides is 1. The third-order valence-electron chi connectivity index (χ3n) is 5.83. The molecule has 1 saturated heterocycles. The zero-order valence-corrected chi connectivity index (χ0v) is 15.6. The van der Waals surface area contributed by atoms with Crippen LogP contribution in [0, 0.1) is 5.41 Å². The quantitative estimate of drug-likeness (QED) is 0.827. The van der Waals surface area contributed by atoms with Gasteiger partial charge in [0, 0.05) is 38.2 Å². The van der Waals surface area contributed by atoms with Crippen molar-refractivity contribution in [3.8, 4) is 0 Å². The molecule has 25 heavy (non-hydrogen) atoms. The lowest BCUT2D eigenvalue weighted by Gasteiger charge is -2.37. The third kappa shape index (κ3) is 4.42. The van der Waals surface area contributed by atoms with E-state index in [4.69, 9.17) is 4.74 Å². The first kappa shape index (κ1) is 18.4. The van der Waals surface area contributed by atoms with E-state index in [1.807, 2.05) is 13.2 Å². The molecule has 0 bridgehead atoms. The molecule has 1 aromatic rings. The number of aryl methyl sites for hydroxylation is 1. The maximum absolute atomic E-state index is 12.9. The van der Waals surface area contributed by atoms with E-state index >= 15 is 0 Å². The Kier molecular flexibility index (Phi) is 6.12. The van der Waals surface area contributed by atoms with Gasteiger partial charge < -0.3 is 15.4 Å². The molecule has 2 N–H and O–H groups in total. The van der Waals surface area contributed by atoms with Crippen molar-refractivity contribution < 1.29 is 9.53 Å². The Balaban J connectivity index is 1.68. The van der Waals surface area contributed by atoms with Gasteiger partial charge in [-0.05, 0) is 38.8 Å². The summed E-state index contributed by atoms with van der Waals surface area (Å²) in [5.41, 5.74) is 1.80. The SMILES string of the molecule is COCC1(CNC(=O)c2cn(C)nc2C2CCCCC2)CCNCC1. The standard InChI is InChI=1S/C19H32N4O2/c1-23-12-16(17(22-23)15-6-4-3-5-7-15)18(24)21-13-19(14-25-2)8-10-20-11-9-19/h12,15,20H,3-11,13-14H2,1-2H3,(H,21,24). The predicted octanol–water partition coefficient (Wildman–Crippen LogP) is 2.21. The number of nitrogens with one attached hydrogen (secondary N) is 2. The van der Waals surface area contributed by atoms with Crippen LogP contribution in [0.5, 0.6) is 0 Å². The third-order valence-corrected chi connectivity index (χ3v) is 5.83. The summed E-state index contributed by atoms with van der Waals surface area (Å²) in [5.74, 6) is 0.449. The Morgan fingerprint density at radius 3 is 2.76 bits per heavy atom. The Morgan fingerprint density at radius 1 is 1.36 bits per heavy atom. The molecule has 6 nitrogen and oxygen atoms in total. The molecule has 0 aromatic carbocycles. The lowest BCUT2D eigenvalue weighted by Crippen LogP contribution is -2.47. The number of nitrogens with zero attached hydrogens (tertiary/aromatic N) is 2. The highest BCUT2D eigenvalue weighted by molar-refractivity contribution is 5.95. The molecule has 2 aliphatic rings. The van der Waals surface area contributed by atoms with Crippen LogP contribution in [-0.4, -0.2) is 49.0 Å². The van der Waals surface area contributed by atoms with Gasteiger partial charge in [0.2, 0.25) is 0 Å². The van der Waals surface area contributed by atoms with Gasteiger partial charge in [-0.2, -0.15) is 5.10 Å². The summed E-state index contributed by atoms with van der Waals surface area (Å²) in [4.78, 5) is 12.9. The second kappa shape index (κ2) is 8.32. The molecule has 0 spiro atoms. The van der Waals surface area contributed by atoms with Gasteiger partial charge in [-0.1, -0.05) is 19.3 Å². The molecule has 1 aromatic heterocycles. The van der Waals surface area contributed by atoms with Gasteiger partial charge >= 0.3 is 0 Å². The summed E-state index contributed by atoms with van der Waals surface area (Å²) >= 11 is 0. The summed E-state index contributed by atoms with van der Waals surface area (Å²) in [5, 5.41) is 11.2. The van der Waals surface area contributed by atoms with E-state index < -0.39 is 0 Å². The predicted molar refractivity (Wildman–Crippen MR) is 97.8 cm³/mol. The van der Waals surface area contributed by atoms with E-state index in [1.165, 1.54) is 19.3 Å². The topological polar surface area (TPSA) is 68.2 Å². The van der Waals surface area contributed by atoms with Crippen molar-refractivity contribution >= 4 is 5.91 Å². The van der Waals surface area contributed by atoms with E-state index in [2.05, 4.69) is 15.7 Å². The fourth-order valence-electron chi connectivity index (χ4n) is 4.36. The fraction of sp³-hybridized carbons (Fsp3) is 0.789. The Bertz CT molecular complexity index is 566. The van der Waals surface area contributed by atoms with E-state index in [9.17, 15) is 4.79 Å². The minimum Gasteiger partial charge on any atom is -0.384 e. The van der Waals surface area contributed by atoms with Crippen molar-refractivity contribution in [1.29, 1.82) is 0 Å². The number of carbonyl (C=O) groups is 1. The molecule has 3 rings (SSSR count). The molecular formula is C19H32N4O2. The highest BCUT2D eigenvalue weighted by Gasteiger charge is 2.33. The monoisotopic (exact) mass is 348 g/mol. The molecule has 6 heteroatoms. The number of hydrogen-bond donors (Lipinski definition) is 2. The smallest absolute Gasteiger partial charge is 0.254 e. The number of aromatic nitrogens is 2. The summed E-state index contributed by atoms with van der Waals surface area (Å²) in [6.45, 7) is 3.33. The number of piperidine rings is 1. The number of ether oxygens (including phenoxy) is 1. The average molecular weight is 348 g/mol. The Hall–Kier alpha value is -1.40. The largest absolute Gasteiger partial charge is 0.384 e. The summed E-state index contributed by atoms with van der Waals surface area (Å²) in [6, 6.07) is 0. The molecule has 0 radical (unpaired) electrons. The Labute approximate surface area is 150 Å². The van der Waals surface area contributed by atoms with Gasteiger partial charge in [-0.25, -0.2) is 0 Å². The molecular weight excluding hydrogens is 316 g/mol. The van der Waals surface area contributed by atoms with Crippen LogP contribution in [0.4, 0.5) is 0 Å². The normalized spacial score (nSPS) is 21.2. The van der Waals surface area contributed by atoms with Crippen LogP contribution in [-0.2, 0) is 11.8 Å². The van der Waals surface area contributed by atoms with Crippen LogP contribution in [0.1, 0.15) is 66.9 Å². The zero-order chi connectivity index (χ0) is 17.7. The molecule has 0 atom stereocenters. The van der Waals surface area contributed by atoms with Gasteiger partial charge in [-0.15, -0.1) is 0 Å². The lowest BCUT2D eigenvalue weighted by atomic mass is 9.79. The average Bonchev–Trinajstić information content (AvgIpc) is 3.03. The molecule has 0 unspecified atom stereocenters. The number of carbonyl (C=O) groups excluding carboxylic acids is 1. The number of hydrogen-bond acceptors (Lipinski definition) is 4. The number of rotatable bonds is 6. The van der Waals surface area contributed by atoms with Crippen LogP contribution in [0.2, 0.25) is 0 Å². The maximum atomic E-state index is 12.9. The van der Waals surface area contributed by atoms with Gasteiger partial charge in [0.15, 0.2) is 0 Å². The van der Waals surface area contributed by atoms with E-state index in [0.717, 1.165) is 50.0 Å².